The summed E-state index contributed by atoms with van der Waals surface area (Å²) < 4.78 is 0. The molecule has 0 radical (unpaired) electrons. The minimum atomic E-state index is -1.54. The quantitative estimate of drug-likeness (QED) is 0.0415. The fourth-order valence-corrected chi connectivity index (χ4v) is 9.68. The summed E-state index contributed by atoms with van der Waals surface area (Å²) in [7, 11) is 0. The van der Waals surface area contributed by atoms with Gasteiger partial charge in [0, 0.05) is 31.2 Å². The van der Waals surface area contributed by atoms with Crippen LogP contribution in [0.5, 0.6) is 0 Å². The Morgan fingerprint density at radius 2 is 0.807 bits per heavy atom. The molecule has 1 heterocycles. The van der Waals surface area contributed by atoms with Crippen LogP contribution in [0.25, 0.3) is 0 Å². The van der Waals surface area contributed by atoms with Crippen molar-refractivity contribution >= 4 is 70.9 Å². The highest BCUT2D eigenvalue weighted by Crippen LogP contribution is 2.16. The van der Waals surface area contributed by atoms with Crippen molar-refractivity contribution < 1.29 is 67.7 Å². The Morgan fingerprint density at radius 3 is 1.17 bits per heavy atom. The van der Waals surface area contributed by atoms with E-state index in [9.17, 15) is 67.7 Å². The molecular formula is C61H107N13O14. The number of primary amides is 2. The van der Waals surface area contributed by atoms with Crippen LogP contribution in [0.15, 0.2) is 12.5 Å². The van der Waals surface area contributed by atoms with Gasteiger partial charge in [0.25, 0.3) is 0 Å². The number of carboxylic acids is 1. The number of unbranched alkanes of at least 4 members (excludes halogenated alkanes) is 4. The van der Waals surface area contributed by atoms with Gasteiger partial charge in [-0.2, -0.15) is 0 Å². The number of nitrogens with one attached hydrogen (secondary N) is 10. The molecule has 500 valence electrons. The molecule has 0 aromatic carbocycles. The number of H-pyrrole nitrogens is 1. The molecule has 0 aliphatic heterocycles. The second kappa shape index (κ2) is 41.1. The van der Waals surface area contributed by atoms with E-state index < -0.39 is 150 Å². The summed E-state index contributed by atoms with van der Waals surface area (Å²) in [6, 6.07) is -12.1. The van der Waals surface area contributed by atoms with Crippen LogP contribution in [-0.4, -0.2) is 152 Å². The average molecular weight is 1250 g/mol. The number of aromatic nitrogens is 2. The molecule has 1 rings (SSSR count). The molecule has 0 fully saturated rings. The van der Waals surface area contributed by atoms with Gasteiger partial charge in [0.05, 0.1) is 18.9 Å². The highest BCUT2D eigenvalue weighted by molar-refractivity contribution is 5.99. The van der Waals surface area contributed by atoms with Crippen LogP contribution in [0.1, 0.15) is 198 Å². The van der Waals surface area contributed by atoms with Gasteiger partial charge in [0.1, 0.15) is 54.4 Å². The number of carbonyl (C=O) groups is 12. The Bertz CT molecular complexity index is 2400. The lowest BCUT2D eigenvalue weighted by molar-refractivity contribution is -0.143. The molecule has 0 spiro atoms. The number of rotatable bonds is 45. The van der Waals surface area contributed by atoms with Crippen molar-refractivity contribution in [2.75, 3.05) is 0 Å². The third-order valence-electron chi connectivity index (χ3n) is 14.2. The minimum Gasteiger partial charge on any atom is -0.480 e. The predicted octanol–water partition coefficient (Wildman–Crippen LogP) is 1.93. The number of aromatic amines is 1. The summed E-state index contributed by atoms with van der Waals surface area (Å²) in [5.74, 6) is -11.7. The number of hydrogen-bond acceptors (Lipinski definition) is 14. The number of nitrogens with zero attached hydrogens (tertiary/aromatic N) is 1. The molecule has 10 atom stereocenters. The first-order chi connectivity index (χ1) is 41.1. The number of imidazole rings is 1. The summed E-state index contributed by atoms with van der Waals surface area (Å²) in [6.07, 6.45) is 5.60. The zero-order chi connectivity index (χ0) is 67.0. The molecule has 1 unspecified atom stereocenters. The van der Waals surface area contributed by atoms with Crippen molar-refractivity contribution in [3.8, 4) is 0 Å². The maximum atomic E-state index is 14.4. The standard InChI is InChI=1S/C61H107N13O14/c1-14-15-16-17-18-19-40(75)30-51(78)66-47(29-39-31-64-32-65-39)59(85)71-45(26-35(6)7)57(83)70-44(25-34(4)5)56(82)67-41(20-22-49(62)76)53(79)69-43(24-33(2)3)55(81)68-42(21-23-50(63)77)54(80)74-52(38(12)13)60(86)72-46(27-36(8)9)58(84)73-48(61(87)88)28-37(10)11/h31-38,40-48,52,75H,14-30H2,1-13H3,(H2,62,76)(H2,63,77)(H,64,65)(H,66,78)(H,67,82)(H,68,81)(H,69,79)(H,70,83)(H,71,85)(H,72,86)(H,73,84)(H,74,80)(H,87,88)/t40?,41-,42-,43-,44-,45-,46-,47-,48-,52-/m0/s1. The Hall–Kier alpha value is -7.19. The van der Waals surface area contributed by atoms with Gasteiger partial charge >= 0.3 is 5.97 Å². The molecule has 0 aliphatic carbocycles. The third kappa shape index (κ3) is 32.7. The van der Waals surface area contributed by atoms with Crippen LogP contribution in [0, 0.1) is 35.5 Å². The molecule has 1 aromatic rings. The Kier molecular flexibility index (Phi) is 36.8. The monoisotopic (exact) mass is 1250 g/mol. The Morgan fingerprint density at radius 1 is 0.455 bits per heavy atom. The molecule has 0 bridgehead atoms. The highest BCUT2D eigenvalue weighted by atomic mass is 16.4. The van der Waals surface area contributed by atoms with Crippen molar-refractivity contribution in [2.24, 2.45) is 47.0 Å². The van der Waals surface area contributed by atoms with E-state index in [2.05, 4.69) is 64.7 Å². The number of aliphatic hydroxyl groups excluding tert-OH is 1. The number of carboxylic acid groups (broad SMARTS) is 1. The van der Waals surface area contributed by atoms with E-state index in [1.165, 1.54) is 12.5 Å². The van der Waals surface area contributed by atoms with Gasteiger partial charge < -0.3 is 74.5 Å². The first kappa shape index (κ1) is 78.8. The van der Waals surface area contributed by atoms with Crippen molar-refractivity contribution in [2.45, 2.75) is 260 Å². The maximum Gasteiger partial charge on any atom is 0.326 e. The third-order valence-corrected chi connectivity index (χ3v) is 14.2. The topological polar surface area (TPSA) is 434 Å². The van der Waals surface area contributed by atoms with Gasteiger partial charge in [-0.05, 0) is 86.9 Å². The van der Waals surface area contributed by atoms with E-state index in [0.717, 1.165) is 32.1 Å². The van der Waals surface area contributed by atoms with Crippen molar-refractivity contribution in [3.63, 3.8) is 0 Å². The lowest BCUT2D eigenvalue weighted by Crippen LogP contribution is -2.61. The molecule has 0 saturated heterocycles. The molecule has 0 saturated carbocycles. The van der Waals surface area contributed by atoms with E-state index in [4.69, 9.17) is 11.5 Å². The number of hydrogen-bond donors (Lipinski definition) is 14. The van der Waals surface area contributed by atoms with E-state index >= 15 is 0 Å². The fourth-order valence-electron chi connectivity index (χ4n) is 9.68. The summed E-state index contributed by atoms with van der Waals surface area (Å²) in [4.78, 5) is 170. The van der Waals surface area contributed by atoms with Gasteiger partial charge in [-0.3, -0.25) is 52.7 Å². The minimum absolute atomic E-state index is 0.0233. The van der Waals surface area contributed by atoms with Crippen LogP contribution in [0.4, 0.5) is 0 Å². The number of aliphatic carboxylic acids is 1. The van der Waals surface area contributed by atoms with Gasteiger partial charge in [0.2, 0.25) is 65.0 Å². The zero-order valence-electron chi connectivity index (χ0n) is 54.3. The average Bonchev–Trinajstić information content (AvgIpc) is 1.70. The normalized spacial score (nSPS) is 15.0. The summed E-state index contributed by atoms with van der Waals surface area (Å²) in [5, 5.41) is 44.2. The molecule has 88 heavy (non-hydrogen) atoms. The largest absolute Gasteiger partial charge is 0.480 e. The number of carbonyl (C=O) groups excluding carboxylic acids is 11. The second-order valence-electron chi connectivity index (χ2n) is 25.6. The zero-order valence-corrected chi connectivity index (χ0v) is 54.3. The molecule has 27 nitrogen and oxygen atoms in total. The summed E-state index contributed by atoms with van der Waals surface area (Å²) in [5.41, 5.74) is 11.5. The van der Waals surface area contributed by atoms with Crippen LogP contribution >= 0.6 is 0 Å². The molecule has 0 aliphatic rings. The number of aliphatic hydroxyl groups is 1. The van der Waals surface area contributed by atoms with Crippen molar-refractivity contribution in [1.82, 2.24) is 57.8 Å². The van der Waals surface area contributed by atoms with Crippen LogP contribution in [0.3, 0.4) is 0 Å². The maximum absolute atomic E-state index is 14.4. The SMILES string of the molecule is CCCCCCCC(O)CC(=O)N[C@@H](Cc1cnc[nH]1)C(=O)N[C@@H](CC(C)C)C(=O)N[C@@H](CC(C)C)C(=O)N[C@@H](CCC(N)=O)C(=O)N[C@@H](CC(C)C)C(=O)N[C@@H](CCC(N)=O)C(=O)N[C@H](C(=O)N[C@@H](CC(C)C)C(=O)N[C@@H](CC(C)C)C(=O)O)C(C)C. The van der Waals surface area contributed by atoms with E-state index in [0.29, 0.717) is 12.1 Å². The van der Waals surface area contributed by atoms with E-state index in [-0.39, 0.29) is 87.4 Å². The van der Waals surface area contributed by atoms with Crippen LogP contribution in [0.2, 0.25) is 0 Å². The molecular weight excluding hydrogens is 1140 g/mol. The lowest BCUT2D eigenvalue weighted by atomic mass is 9.98. The Balaban J connectivity index is 3.54. The van der Waals surface area contributed by atoms with Gasteiger partial charge in [-0.25, -0.2) is 9.78 Å². The van der Waals surface area contributed by atoms with Crippen molar-refractivity contribution in [3.05, 3.63) is 18.2 Å². The first-order valence-corrected chi connectivity index (χ1v) is 31.3. The first-order valence-electron chi connectivity index (χ1n) is 31.3. The van der Waals surface area contributed by atoms with Crippen molar-refractivity contribution in [1.29, 1.82) is 0 Å². The second-order valence-corrected chi connectivity index (χ2v) is 25.6. The summed E-state index contributed by atoms with van der Waals surface area (Å²) in [6.45, 7) is 23.2. The van der Waals surface area contributed by atoms with E-state index in [1.807, 2.05) is 13.8 Å². The van der Waals surface area contributed by atoms with Crippen LogP contribution in [-0.2, 0) is 64.0 Å². The highest BCUT2D eigenvalue weighted by Gasteiger charge is 2.37. The molecule has 1 aromatic heterocycles. The fraction of sp³-hybridized carbons (Fsp3) is 0.754. The van der Waals surface area contributed by atoms with Gasteiger partial charge in [-0.15, -0.1) is 0 Å². The van der Waals surface area contributed by atoms with Gasteiger partial charge in [0.15, 0.2) is 0 Å². The smallest absolute Gasteiger partial charge is 0.326 e. The lowest BCUT2D eigenvalue weighted by Gasteiger charge is -2.30. The molecule has 11 amide bonds. The van der Waals surface area contributed by atoms with E-state index in [1.54, 1.807) is 69.2 Å². The molecule has 27 heteroatoms. The number of nitrogens with two attached hydrogens (primary N) is 2. The predicted molar refractivity (Wildman–Crippen MR) is 330 cm³/mol. The number of amides is 11. The molecule has 16 N–H and O–H groups in total. The van der Waals surface area contributed by atoms with Gasteiger partial charge in [-0.1, -0.05) is 122 Å². The van der Waals surface area contributed by atoms with Crippen LogP contribution < -0.4 is 59.3 Å². The summed E-state index contributed by atoms with van der Waals surface area (Å²) >= 11 is 0. The Labute approximate surface area is 519 Å².